The number of benzene rings is 1. The van der Waals surface area contributed by atoms with Crippen molar-refractivity contribution in [3.05, 3.63) is 39.7 Å². The molecule has 1 unspecified atom stereocenters. The molecule has 7 nitrogen and oxygen atoms in total. The summed E-state index contributed by atoms with van der Waals surface area (Å²) in [6.45, 7) is 2.43. The van der Waals surface area contributed by atoms with Gasteiger partial charge in [0.05, 0.1) is 34.4 Å². The van der Waals surface area contributed by atoms with Crippen LogP contribution < -0.4 is 10.5 Å². The summed E-state index contributed by atoms with van der Waals surface area (Å²) in [4.78, 5) is 6.11. The van der Waals surface area contributed by atoms with Crippen LogP contribution in [0, 0.1) is 11.3 Å². The third kappa shape index (κ3) is 3.61. The predicted molar refractivity (Wildman–Crippen MR) is 122 cm³/mol. The fourth-order valence-corrected chi connectivity index (χ4v) is 8.34. The molecule has 10 heteroatoms. The molecule has 4 rings (SSSR count). The van der Waals surface area contributed by atoms with E-state index in [1.54, 1.807) is 31.2 Å². The van der Waals surface area contributed by atoms with E-state index in [4.69, 9.17) is 31.8 Å². The fourth-order valence-electron chi connectivity index (χ4n) is 4.25. The number of nitrogens with two attached hydrogens (primary N) is 1. The molecule has 1 atom stereocenters. The van der Waals surface area contributed by atoms with Crippen LogP contribution in [-0.4, -0.2) is 45.1 Å². The van der Waals surface area contributed by atoms with Crippen LogP contribution in [0.25, 0.3) is 10.4 Å². The molecule has 31 heavy (non-hydrogen) atoms. The van der Waals surface area contributed by atoms with E-state index in [1.165, 1.54) is 18.4 Å². The molecular formula is C21H22ClN3O4S2. The molecule has 1 saturated heterocycles. The lowest BCUT2D eigenvalue weighted by Gasteiger charge is -2.43. The van der Waals surface area contributed by atoms with E-state index in [2.05, 4.69) is 6.07 Å². The molecule has 164 valence electrons. The van der Waals surface area contributed by atoms with Gasteiger partial charge in [-0.1, -0.05) is 11.6 Å². The van der Waals surface area contributed by atoms with Crippen molar-refractivity contribution in [2.75, 3.05) is 26.1 Å². The monoisotopic (exact) mass is 479 g/mol. The van der Waals surface area contributed by atoms with Crippen LogP contribution in [0.3, 0.4) is 0 Å². The van der Waals surface area contributed by atoms with Gasteiger partial charge in [-0.05, 0) is 49.6 Å². The standard InChI is InChI=1S/C21H22ClN3O4S2/c1-20(12-31(26,27)21(19(24)25-20)3-5-29-6-4-21)18-16(22)10-17(30-18)14-7-13(11-23)8-15(9-14)28-2/h7-10H,3-6,12H2,1-2H3,(H2,24,25). The number of sulfone groups is 1. The van der Waals surface area contributed by atoms with Crippen LogP contribution in [0.4, 0.5) is 0 Å². The van der Waals surface area contributed by atoms with Crippen molar-refractivity contribution in [2.24, 2.45) is 10.7 Å². The van der Waals surface area contributed by atoms with Crippen LogP contribution in [-0.2, 0) is 20.1 Å². The van der Waals surface area contributed by atoms with Crippen LogP contribution in [0.15, 0.2) is 29.3 Å². The van der Waals surface area contributed by atoms with Gasteiger partial charge in [0.1, 0.15) is 21.9 Å². The minimum absolute atomic E-state index is 0.128. The van der Waals surface area contributed by atoms with Gasteiger partial charge >= 0.3 is 0 Å². The Morgan fingerprint density at radius 1 is 1.29 bits per heavy atom. The number of hydrogen-bond donors (Lipinski definition) is 1. The molecule has 0 amide bonds. The molecule has 2 aliphatic heterocycles. The predicted octanol–water partition coefficient (Wildman–Crippen LogP) is 3.50. The smallest absolute Gasteiger partial charge is 0.166 e. The zero-order valence-electron chi connectivity index (χ0n) is 17.1. The molecule has 0 radical (unpaired) electrons. The minimum atomic E-state index is -3.60. The van der Waals surface area contributed by atoms with Crippen molar-refractivity contribution in [2.45, 2.75) is 30.1 Å². The normalized spacial score (nSPS) is 24.4. The summed E-state index contributed by atoms with van der Waals surface area (Å²) in [5, 5.41) is 9.72. The van der Waals surface area contributed by atoms with Crippen molar-refractivity contribution in [3.63, 3.8) is 0 Å². The van der Waals surface area contributed by atoms with Crippen LogP contribution in [0.5, 0.6) is 5.75 Å². The number of nitrogens with zero attached hydrogens (tertiary/aromatic N) is 2. The molecular weight excluding hydrogens is 458 g/mol. The van der Waals surface area contributed by atoms with E-state index < -0.39 is 20.1 Å². The lowest BCUT2D eigenvalue weighted by atomic mass is 9.95. The molecule has 1 fully saturated rings. The highest BCUT2D eigenvalue weighted by molar-refractivity contribution is 7.93. The second-order valence-electron chi connectivity index (χ2n) is 7.99. The third-order valence-electron chi connectivity index (χ3n) is 5.93. The van der Waals surface area contributed by atoms with Crippen LogP contribution in [0.2, 0.25) is 5.02 Å². The Bertz CT molecular complexity index is 1210. The highest BCUT2D eigenvalue weighted by Crippen LogP contribution is 2.47. The molecule has 0 bridgehead atoms. The van der Waals surface area contributed by atoms with Gasteiger partial charge < -0.3 is 15.2 Å². The Morgan fingerprint density at radius 2 is 2.00 bits per heavy atom. The first-order valence-corrected chi connectivity index (χ1v) is 12.5. The number of thiophene rings is 1. The van der Waals surface area contributed by atoms with Crippen molar-refractivity contribution in [1.29, 1.82) is 5.26 Å². The van der Waals surface area contributed by atoms with E-state index in [1.807, 2.05) is 0 Å². The molecule has 0 saturated carbocycles. The Balaban J connectivity index is 1.80. The Kier molecular flexibility index (Phi) is 5.54. The van der Waals surface area contributed by atoms with Gasteiger partial charge in [0.2, 0.25) is 0 Å². The highest BCUT2D eigenvalue weighted by atomic mass is 35.5. The van der Waals surface area contributed by atoms with Gasteiger partial charge in [-0.25, -0.2) is 8.42 Å². The lowest BCUT2D eigenvalue weighted by Crippen LogP contribution is -2.60. The maximum atomic E-state index is 13.4. The average molecular weight is 480 g/mol. The van der Waals surface area contributed by atoms with Gasteiger partial charge in [0.15, 0.2) is 9.84 Å². The maximum absolute atomic E-state index is 13.4. The number of methoxy groups -OCH3 is 1. The van der Waals surface area contributed by atoms with Crippen LogP contribution in [0.1, 0.15) is 30.2 Å². The first-order valence-electron chi connectivity index (χ1n) is 9.69. The van der Waals surface area contributed by atoms with Crippen molar-refractivity contribution >= 4 is 38.6 Å². The summed E-state index contributed by atoms with van der Waals surface area (Å²) in [6.07, 6.45) is 0.621. The second-order valence-corrected chi connectivity index (χ2v) is 11.7. The SMILES string of the molecule is COc1cc(C#N)cc(-c2cc(Cl)c(C3(C)CS(=O)(=O)C4(CCOCC4)C(N)=N3)s2)c1. The van der Waals surface area contributed by atoms with Gasteiger partial charge in [-0.3, -0.25) is 4.99 Å². The number of amidine groups is 1. The van der Waals surface area contributed by atoms with Crippen LogP contribution >= 0.6 is 22.9 Å². The van der Waals surface area contributed by atoms with Gasteiger partial charge in [-0.15, -0.1) is 11.3 Å². The second kappa shape index (κ2) is 7.78. The quantitative estimate of drug-likeness (QED) is 0.720. The van der Waals surface area contributed by atoms with E-state index in [0.29, 0.717) is 47.3 Å². The van der Waals surface area contributed by atoms with E-state index in [0.717, 1.165) is 10.4 Å². The number of halogens is 1. The van der Waals surface area contributed by atoms with E-state index >= 15 is 0 Å². The van der Waals surface area contributed by atoms with Gasteiger partial charge in [0, 0.05) is 18.1 Å². The first kappa shape index (κ1) is 22.1. The Hall–Kier alpha value is -2.12. The van der Waals surface area contributed by atoms with Gasteiger partial charge in [0.25, 0.3) is 0 Å². The number of nitriles is 1. The molecule has 1 aromatic carbocycles. The van der Waals surface area contributed by atoms with E-state index in [-0.39, 0.29) is 11.6 Å². The number of rotatable bonds is 3. The summed E-state index contributed by atoms with van der Waals surface area (Å²) in [5.41, 5.74) is 6.42. The first-order chi connectivity index (χ1) is 14.6. The number of hydrogen-bond acceptors (Lipinski definition) is 8. The number of ether oxygens (including phenoxy) is 2. The maximum Gasteiger partial charge on any atom is 0.166 e. The summed E-state index contributed by atoms with van der Waals surface area (Å²) in [7, 11) is -2.06. The fraction of sp³-hybridized carbons (Fsp3) is 0.429. The molecule has 2 aliphatic rings. The van der Waals surface area contributed by atoms with Gasteiger partial charge in [-0.2, -0.15) is 5.26 Å². The zero-order valence-corrected chi connectivity index (χ0v) is 19.5. The largest absolute Gasteiger partial charge is 0.497 e. The van der Waals surface area contributed by atoms with Crippen molar-refractivity contribution in [3.8, 4) is 22.3 Å². The molecule has 2 aromatic rings. The molecule has 0 aliphatic carbocycles. The Labute approximate surface area is 190 Å². The van der Waals surface area contributed by atoms with E-state index in [9.17, 15) is 13.7 Å². The Morgan fingerprint density at radius 3 is 2.61 bits per heavy atom. The highest BCUT2D eigenvalue weighted by Gasteiger charge is 2.55. The third-order valence-corrected chi connectivity index (χ3v) is 10.5. The van der Waals surface area contributed by atoms with Crippen molar-refractivity contribution < 1.29 is 17.9 Å². The summed E-state index contributed by atoms with van der Waals surface area (Å²) in [5.74, 6) is 0.501. The topological polar surface area (TPSA) is 115 Å². The lowest BCUT2D eigenvalue weighted by molar-refractivity contribution is 0.0875. The number of aliphatic imine (C=N–C) groups is 1. The summed E-state index contributed by atoms with van der Waals surface area (Å²) in [6, 6.07) is 9.07. The summed E-state index contributed by atoms with van der Waals surface area (Å²) < 4.78 is 36.3. The molecule has 3 heterocycles. The average Bonchev–Trinajstić information content (AvgIpc) is 3.15. The molecule has 1 spiro atoms. The molecule has 2 N–H and O–H groups in total. The summed E-state index contributed by atoms with van der Waals surface area (Å²) >= 11 is 7.92. The zero-order chi connectivity index (χ0) is 22.4. The minimum Gasteiger partial charge on any atom is -0.497 e. The molecule has 1 aromatic heterocycles. The van der Waals surface area contributed by atoms with Crippen molar-refractivity contribution in [1.82, 2.24) is 0 Å².